The Morgan fingerprint density at radius 1 is 1.53 bits per heavy atom. The van der Waals surface area contributed by atoms with Gasteiger partial charge in [-0.25, -0.2) is 0 Å². The molecule has 0 spiro atoms. The summed E-state index contributed by atoms with van der Waals surface area (Å²) in [6, 6.07) is 0. The van der Waals surface area contributed by atoms with Crippen LogP contribution >= 0.6 is 0 Å². The number of carbonyl (C=O) groups excluding carboxylic acids is 1. The lowest BCUT2D eigenvalue weighted by atomic mass is 9.88. The van der Waals surface area contributed by atoms with E-state index in [9.17, 15) is 9.90 Å². The monoisotopic (exact) mass is 217 g/mol. The molecular weight excluding hydrogens is 194 g/mol. The van der Waals surface area contributed by atoms with Crippen LogP contribution in [-0.2, 0) is 9.53 Å². The maximum atomic E-state index is 11.9. The van der Waals surface area contributed by atoms with Gasteiger partial charge in [0.1, 0.15) is 0 Å². The SMILES string of the molecule is CCC(C)(C)C(=O)N(C)CC(O)COC. The maximum Gasteiger partial charge on any atom is 0.228 e. The zero-order valence-corrected chi connectivity index (χ0v) is 10.4. The van der Waals surface area contributed by atoms with E-state index in [1.54, 1.807) is 11.9 Å². The van der Waals surface area contributed by atoms with Crippen LogP contribution in [0.2, 0.25) is 0 Å². The van der Waals surface area contributed by atoms with Gasteiger partial charge in [0.15, 0.2) is 0 Å². The first kappa shape index (κ1) is 14.4. The van der Waals surface area contributed by atoms with Crippen LogP contribution in [0.1, 0.15) is 27.2 Å². The first-order chi connectivity index (χ1) is 6.85. The van der Waals surface area contributed by atoms with Gasteiger partial charge in [0, 0.05) is 26.1 Å². The predicted molar refractivity (Wildman–Crippen MR) is 59.6 cm³/mol. The lowest BCUT2D eigenvalue weighted by molar-refractivity contribution is -0.140. The number of hydrogen-bond acceptors (Lipinski definition) is 3. The number of aliphatic hydroxyl groups is 1. The first-order valence-electron chi connectivity index (χ1n) is 5.27. The fourth-order valence-electron chi connectivity index (χ4n) is 1.31. The number of ether oxygens (including phenoxy) is 1. The van der Waals surface area contributed by atoms with Crippen molar-refractivity contribution in [3.63, 3.8) is 0 Å². The highest BCUT2D eigenvalue weighted by molar-refractivity contribution is 5.81. The molecule has 0 heterocycles. The van der Waals surface area contributed by atoms with Gasteiger partial charge in [-0.2, -0.15) is 0 Å². The normalized spacial score (nSPS) is 13.7. The molecule has 0 aliphatic carbocycles. The molecular formula is C11H23NO3. The van der Waals surface area contributed by atoms with Crippen molar-refractivity contribution in [3.05, 3.63) is 0 Å². The fourth-order valence-corrected chi connectivity index (χ4v) is 1.31. The molecule has 0 aromatic rings. The number of nitrogens with zero attached hydrogens (tertiary/aromatic N) is 1. The van der Waals surface area contributed by atoms with Crippen LogP contribution in [0.15, 0.2) is 0 Å². The van der Waals surface area contributed by atoms with Gasteiger partial charge >= 0.3 is 0 Å². The molecule has 4 nitrogen and oxygen atoms in total. The van der Waals surface area contributed by atoms with Gasteiger partial charge in [0.2, 0.25) is 5.91 Å². The standard InChI is InChI=1S/C11H23NO3/c1-6-11(2,3)10(14)12(4)7-9(13)8-15-5/h9,13H,6-8H2,1-5H3. The van der Waals surface area contributed by atoms with Crippen molar-refractivity contribution >= 4 is 5.91 Å². The molecule has 1 unspecified atom stereocenters. The highest BCUT2D eigenvalue weighted by atomic mass is 16.5. The molecule has 0 fully saturated rings. The van der Waals surface area contributed by atoms with Gasteiger partial charge in [0.05, 0.1) is 12.7 Å². The third-order valence-electron chi connectivity index (χ3n) is 2.65. The van der Waals surface area contributed by atoms with Gasteiger partial charge in [0.25, 0.3) is 0 Å². The van der Waals surface area contributed by atoms with Crippen molar-refractivity contribution in [2.24, 2.45) is 5.41 Å². The molecule has 0 aromatic carbocycles. The molecule has 4 heteroatoms. The Bertz CT molecular complexity index is 204. The van der Waals surface area contributed by atoms with E-state index < -0.39 is 6.10 Å². The van der Waals surface area contributed by atoms with Gasteiger partial charge < -0.3 is 14.7 Å². The van der Waals surface area contributed by atoms with E-state index in [2.05, 4.69) is 0 Å². The highest BCUT2D eigenvalue weighted by Gasteiger charge is 2.29. The molecule has 0 saturated heterocycles. The van der Waals surface area contributed by atoms with Gasteiger partial charge in [-0.15, -0.1) is 0 Å². The Hall–Kier alpha value is -0.610. The predicted octanol–water partition coefficient (Wildman–Crippen LogP) is 0.888. The van der Waals surface area contributed by atoms with Crippen LogP contribution in [0.4, 0.5) is 0 Å². The minimum Gasteiger partial charge on any atom is -0.389 e. The van der Waals surface area contributed by atoms with E-state index in [1.165, 1.54) is 7.11 Å². The third kappa shape index (κ3) is 4.62. The van der Waals surface area contributed by atoms with E-state index in [0.717, 1.165) is 6.42 Å². The van der Waals surface area contributed by atoms with E-state index in [0.29, 0.717) is 6.54 Å². The summed E-state index contributed by atoms with van der Waals surface area (Å²) in [6.45, 7) is 6.38. The summed E-state index contributed by atoms with van der Waals surface area (Å²) in [5.41, 5.74) is -0.360. The van der Waals surface area contributed by atoms with E-state index >= 15 is 0 Å². The molecule has 1 atom stereocenters. The number of hydrogen-bond donors (Lipinski definition) is 1. The summed E-state index contributed by atoms with van der Waals surface area (Å²) in [5, 5.41) is 9.49. The van der Waals surface area contributed by atoms with E-state index in [-0.39, 0.29) is 17.9 Å². The Morgan fingerprint density at radius 2 is 2.07 bits per heavy atom. The Balaban J connectivity index is 4.21. The van der Waals surface area contributed by atoms with Crippen LogP contribution in [0.25, 0.3) is 0 Å². The van der Waals surface area contributed by atoms with Crippen LogP contribution < -0.4 is 0 Å². The first-order valence-corrected chi connectivity index (χ1v) is 5.27. The largest absolute Gasteiger partial charge is 0.389 e. The summed E-state index contributed by atoms with van der Waals surface area (Å²) >= 11 is 0. The van der Waals surface area contributed by atoms with Crippen molar-refractivity contribution in [2.45, 2.75) is 33.3 Å². The van der Waals surface area contributed by atoms with Crippen LogP contribution in [-0.4, -0.2) is 49.3 Å². The number of amides is 1. The summed E-state index contributed by atoms with van der Waals surface area (Å²) in [7, 11) is 3.24. The molecule has 1 amide bonds. The van der Waals surface area contributed by atoms with E-state index in [4.69, 9.17) is 4.74 Å². The Labute approximate surface area is 92.2 Å². The van der Waals surface area contributed by atoms with Crippen molar-refractivity contribution in [3.8, 4) is 0 Å². The lowest BCUT2D eigenvalue weighted by Crippen LogP contribution is -2.42. The van der Waals surface area contributed by atoms with Crippen molar-refractivity contribution in [1.82, 2.24) is 4.90 Å². The molecule has 0 saturated carbocycles. The lowest BCUT2D eigenvalue weighted by Gasteiger charge is -2.29. The van der Waals surface area contributed by atoms with E-state index in [1.807, 2.05) is 20.8 Å². The second-order valence-corrected chi connectivity index (χ2v) is 4.53. The maximum absolute atomic E-state index is 11.9. The smallest absolute Gasteiger partial charge is 0.228 e. The molecule has 0 radical (unpaired) electrons. The Morgan fingerprint density at radius 3 is 2.47 bits per heavy atom. The molecule has 15 heavy (non-hydrogen) atoms. The second-order valence-electron chi connectivity index (χ2n) is 4.53. The molecule has 0 aliphatic heterocycles. The third-order valence-corrected chi connectivity index (χ3v) is 2.65. The number of aliphatic hydroxyl groups excluding tert-OH is 1. The van der Waals surface area contributed by atoms with Crippen LogP contribution in [0.3, 0.4) is 0 Å². The molecule has 90 valence electrons. The fraction of sp³-hybridized carbons (Fsp3) is 0.909. The number of rotatable bonds is 6. The average Bonchev–Trinajstić information content (AvgIpc) is 2.16. The molecule has 0 rings (SSSR count). The Kier molecular flexibility index (Phi) is 5.83. The molecule has 0 bridgehead atoms. The number of methoxy groups -OCH3 is 1. The van der Waals surface area contributed by atoms with Crippen molar-refractivity contribution < 1.29 is 14.6 Å². The van der Waals surface area contributed by atoms with Crippen molar-refractivity contribution in [1.29, 1.82) is 0 Å². The van der Waals surface area contributed by atoms with Crippen LogP contribution in [0, 0.1) is 5.41 Å². The van der Waals surface area contributed by atoms with Gasteiger partial charge in [-0.05, 0) is 6.42 Å². The summed E-state index contributed by atoms with van der Waals surface area (Å²) < 4.78 is 4.81. The minimum absolute atomic E-state index is 0.0557. The number of likely N-dealkylation sites (N-methyl/N-ethyl adjacent to an activating group) is 1. The number of carbonyl (C=O) groups is 1. The zero-order chi connectivity index (χ0) is 12.1. The van der Waals surface area contributed by atoms with Gasteiger partial charge in [-0.3, -0.25) is 4.79 Å². The minimum atomic E-state index is -0.614. The second kappa shape index (κ2) is 6.08. The topological polar surface area (TPSA) is 49.8 Å². The highest BCUT2D eigenvalue weighted by Crippen LogP contribution is 2.22. The van der Waals surface area contributed by atoms with Crippen LogP contribution in [0.5, 0.6) is 0 Å². The summed E-state index contributed by atoms with van der Waals surface area (Å²) in [6.07, 6.45) is 0.174. The molecule has 0 aliphatic rings. The molecule has 0 aromatic heterocycles. The van der Waals surface area contributed by atoms with Crippen molar-refractivity contribution in [2.75, 3.05) is 27.3 Å². The quantitative estimate of drug-likeness (QED) is 0.719. The van der Waals surface area contributed by atoms with Gasteiger partial charge in [-0.1, -0.05) is 20.8 Å². The zero-order valence-electron chi connectivity index (χ0n) is 10.4. The average molecular weight is 217 g/mol. The summed E-state index contributed by atoms with van der Waals surface area (Å²) in [4.78, 5) is 13.5. The summed E-state index contributed by atoms with van der Waals surface area (Å²) in [5.74, 6) is 0.0557. The molecule has 1 N–H and O–H groups in total.